The topological polar surface area (TPSA) is 70.2 Å². The van der Waals surface area contributed by atoms with Gasteiger partial charge in [0.05, 0.1) is 30.3 Å². The van der Waals surface area contributed by atoms with Crippen LogP contribution in [0.1, 0.15) is 16.8 Å². The molecule has 2 bridgehead atoms. The first kappa shape index (κ1) is 21.0. The minimum atomic E-state index is -0.245. The number of hydrogen-bond acceptors (Lipinski definition) is 5. The predicted octanol–water partition coefficient (Wildman–Crippen LogP) is 2.97. The normalized spacial score (nSPS) is 27.5. The average molecular weight is 458 g/mol. The van der Waals surface area contributed by atoms with Crippen molar-refractivity contribution in [3.05, 3.63) is 66.2 Å². The van der Waals surface area contributed by atoms with Crippen molar-refractivity contribution < 1.29 is 19.1 Å². The third-order valence-corrected chi connectivity index (χ3v) is 7.81. The maximum absolute atomic E-state index is 13.3. The van der Waals surface area contributed by atoms with Crippen molar-refractivity contribution in [2.24, 2.45) is 23.7 Å². The summed E-state index contributed by atoms with van der Waals surface area (Å²) in [5.41, 5.74) is 2.03. The molecule has 1 saturated carbocycles. The van der Waals surface area contributed by atoms with Crippen LogP contribution < -0.4 is 14.5 Å². The molecule has 2 saturated heterocycles. The number of para-hydroxylation sites is 2. The fourth-order valence-electron chi connectivity index (χ4n) is 6.16. The number of benzene rings is 2. The highest BCUT2D eigenvalue weighted by Crippen LogP contribution is 2.53. The fraction of sp³-hybridized carbons (Fsp3) is 0.370. The lowest BCUT2D eigenvalue weighted by Crippen LogP contribution is -2.48. The molecule has 2 heterocycles. The largest absolute Gasteiger partial charge is 0.495 e. The number of amides is 3. The van der Waals surface area contributed by atoms with E-state index >= 15 is 0 Å². The van der Waals surface area contributed by atoms with Crippen LogP contribution in [0.2, 0.25) is 0 Å². The number of fused-ring (bicyclic) bond motifs is 5. The lowest BCUT2D eigenvalue weighted by Gasteiger charge is -2.36. The second-order valence-corrected chi connectivity index (χ2v) is 9.51. The van der Waals surface area contributed by atoms with Gasteiger partial charge in [0, 0.05) is 31.7 Å². The van der Waals surface area contributed by atoms with Gasteiger partial charge in [-0.3, -0.25) is 14.4 Å². The summed E-state index contributed by atoms with van der Waals surface area (Å²) in [6, 6.07) is 14.9. The number of allylic oxidation sites excluding steroid dienone is 2. The van der Waals surface area contributed by atoms with Crippen molar-refractivity contribution in [3.63, 3.8) is 0 Å². The van der Waals surface area contributed by atoms with E-state index < -0.39 is 0 Å². The van der Waals surface area contributed by atoms with Gasteiger partial charge in [-0.05, 0) is 48.6 Å². The van der Waals surface area contributed by atoms with Gasteiger partial charge in [-0.15, -0.1) is 0 Å². The Morgan fingerprint density at radius 3 is 2.24 bits per heavy atom. The van der Waals surface area contributed by atoms with E-state index in [2.05, 4.69) is 17.1 Å². The number of nitrogens with zero attached hydrogens (tertiary/aromatic N) is 3. The van der Waals surface area contributed by atoms with E-state index in [1.807, 2.05) is 29.2 Å². The average Bonchev–Trinajstić information content (AvgIpc) is 3.57. The van der Waals surface area contributed by atoms with E-state index in [1.54, 1.807) is 31.4 Å². The van der Waals surface area contributed by atoms with Gasteiger partial charge in [0.2, 0.25) is 11.8 Å². The third kappa shape index (κ3) is 3.14. The van der Waals surface area contributed by atoms with Crippen molar-refractivity contribution in [2.75, 3.05) is 43.1 Å². The molecule has 7 nitrogen and oxygen atoms in total. The molecule has 34 heavy (non-hydrogen) atoms. The molecule has 174 valence electrons. The number of imide groups is 1. The number of ether oxygens (including phenoxy) is 1. The first-order valence-corrected chi connectivity index (χ1v) is 11.9. The summed E-state index contributed by atoms with van der Waals surface area (Å²) in [5.74, 6) is 0.339. The number of carbonyl (C=O) groups is 3. The highest BCUT2D eigenvalue weighted by atomic mass is 16.5. The molecule has 2 aromatic rings. The summed E-state index contributed by atoms with van der Waals surface area (Å²) < 4.78 is 5.48. The summed E-state index contributed by atoms with van der Waals surface area (Å²) in [4.78, 5) is 45.0. The summed E-state index contributed by atoms with van der Waals surface area (Å²) >= 11 is 0. The van der Waals surface area contributed by atoms with Crippen molar-refractivity contribution in [3.8, 4) is 5.75 Å². The molecule has 3 fully saturated rings. The Bertz CT molecular complexity index is 1170. The lowest BCUT2D eigenvalue weighted by molar-refractivity contribution is -0.123. The second kappa shape index (κ2) is 8.01. The molecule has 0 spiro atoms. The first-order valence-electron chi connectivity index (χ1n) is 11.9. The number of methoxy groups -OCH3 is 1. The Morgan fingerprint density at radius 1 is 0.882 bits per heavy atom. The monoisotopic (exact) mass is 457 g/mol. The molecule has 2 aliphatic carbocycles. The molecule has 4 aliphatic rings. The SMILES string of the molecule is COc1ccccc1N1CCN(C(=O)c2cccc(N3C(=O)[C@H]4[C@H](C3=O)[C@H]3C=C[C@H]4C3)c2)CC1. The van der Waals surface area contributed by atoms with Crippen LogP contribution in [0.25, 0.3) is 0 Å². The van der Waals surface area contributed by atoms with Crippen molar-refractivity contribution in [2.45, 2.75) is 6.42 Å². The summed E-state index contributed by atoms with van der Waals surface area (Å²) in [6.07, 6.45) is 5.08. The molecule has 2 aliphatic heterocycles. The van der Waals surface area contributed by atoms with Gasteiger partial charge in [-0.1, -0.05) is 30.4 Å². The minimum Gasteiger partial charge on any atom is -0.495 e. The number of hydrogen-bond donors (Lipinski definition) is 0. The molecule has 0 aromatic heterocycles. The van der Waals surface area contributed by atoms with E-state index in [0.717, 1.165) is 17.9 Å². The summed E-state index contributed by atoms with van der Waals surface area (Å²) in [6.45, 7) is 2.58. The van der Waals surface area contributed by atoms with Gasteiger partial charge in [0.25, 0.3) is 5.91 Å². The van der Waals surface area contributed by atoms with Crippen LogP contribution >= 0.6 is 0 Å². The van der Waals surface area contributed by atoms with Gasteiger partial charge in [0.15, 0.2) is 0 Å². The summed E-state index contributed by atoms with van der Waals surface area (Å²) in [7, 11) is 1.66. The lowest BCUT2D eigenvalue weighted by atomic mass is 9.85. The van der Waals surface area contributed by atoms with Crippen LogP contribution in [-0.2, 0) is 9.59 Å². The smallest absolute Gasteiger partial charge is 0.254 e. The molecule has 2 aromatic carbocycles. The van der Waals surface area contributed by atoms with Gasteiger partial charge in [-0.2, -0.15) is 0 Å². The second-order valence-electron chi connectivity index (χ2n) is 9.51. The van der Waals surface area contributed by atoms with Crippen LogP contribution in [0.15, 0.2) is 60.7 Å². The van der Waals surface area contributed by atoms with E-state index in [-0.39, 0.29) is 41.4 Å². The van der Waals surface area contributed by atoms with Crippen molar-refractivity contribution >= 4 is 29.1 Å². The Hall–Kier alpha value is -3.61. The molecular weight excluding hydrogens is 430 g/mol. The van der Waals surface area contributed by atoms with Crippen LogP contribution in [-0.4, -0.2) is 55.9 Å². The highest BCUT2D eigenvalue weighted by Gasteiger charge is 2.59. The van der Waals surface area contributed by atoms with E-state index in [1.165, 1.54) is 4.90 Å². The van der Waals surface area contributed by atoms with Crippen LogP contribution in [0.3, 0.4) is 0 Å². The highest BCUT2D eigenvalue weighted by molar-refractivity contribution is 6.23. The number of carbonyl (C=O) groups excluding carboxylic acids is 3. The summed E-state index contributed by atoms with van der Waals surface area (Å²) in [5, 5.41) is 0. The minimum absolute atomic E-state index is 0.0810. The molecule has 0 radical (unpaired) electrons. The van der Waals surface area contributed by atoms with Crippen LogP contribution in [0, 0.1) is 23.7 Å². The molecule has 7 heteroatoms. The van der Waals surface area contributed by atoms with Gasteiger partial charge < -0.3 is 14.5 Å². The molecular formula is C27H27N3O4. The molecule has 3 amide bonds. The zero-order chi connectivity index (χ0) is 23.4. The fourth-order valence-corrected chi connectivity index (χ4v) is 6.16. The van der Waals surface area contributed by atoms with Gasteiger partial charge in [0.1, 0.15) is 5.75 Å². The number of anilines is 2. The van der Waals surface area contributed by atoms with Crippen LogP contribution in [0.5, 0.6) is 5.75 Å². The Kier molecular flexibility index (Phi) is 4.94. The zero-order valence-electron chi connectivity index (χ0n) is 19.1. The molecule has 4 atom stereocenters. The zero-order valence-corrected chi connectivity index (χ0v) is 19.1. The Labute approximate surface area is 198 Å². The Balaban J connectivity index is 1.17. The van der Waals surface area contributed by atoms with Crippen molar-refractivity contribution in [1.29, 1.82) is 0 Å². The molecule has 6 rings (SSSR count). The Morgan fingerprint density at radius 2 is 1.56 bits per heavy atom. The third-order valence-electron chi connectivity index (χ3n) is 7.81. The predicted molar refractivity (Wildman–Crippen MR) is 128 cm³/mol. The number of rotatable bonds is 4. The van der Waals surface area contributed by atoms with Gasteiger partial charge in [-0.25, -0.2) is 4.90 Å². The standard InChI is InChI=1S/C27H27N3O4/c1-34-22-8-3-2-7-21(22)28-11-13-29(14-12-28)25(31)19-5-4-6-20(16-19)30-26(32)23-17-9-10-18(15-17)24(23)27(30)33/h2-10,16-18,23-24H,11-15H2,1H3/t17-,18-,23+,24+/m0/s1. The van der Waals surface area contributed by atoms with E-state index in [4.69, 9.17) is 4.74 Å². The van der Waals surface area contributed by atoms with Crippen molar-refractivity contribution in [1.82, 2.24) is 4.90 Å². The number of piperazine rings is 1. The van der Waals surface area contributed by atoms with Crippen LogP contribution in [0.4, 0.5) is 11.4 Å². The maximum atomic E-state index is 13.3. The quantitative estimate of drug-likeness (QED) is 0.522. The first-order chi connectivity index (χ1) is 16.6. The van der Waals surface area contributed by atoms with E-state index in [0.29, 0.717) is 37.4 Å². The molecule has 0 N–H and O–H groups in total. The van der Waals surface area contributed by atoms with Gasteiger partial charge >= 0.3 is 0 Å². The maximum Gasteiger partial charge on any atom is 0.254 e. The van der Waals surface area contributed by atoms with E-state index in [9.17, 15) is 14.4 Å². The molecule has 0 unspecified atom stereocenters.